The van der Waals surface area contributed by atoms with E-state index in [-0.39, 0.29) is 17.3 Å². The van der Waals surface area contributed by atoms with Gasteiger partial charge in [0.2, 0.25) is 5.58 Å². The highest BCUT2D eigenvalue weighted by molar-refractivity contribution is 6.30. The minimum atomic E-state index is -0.404. The summed E-state index contributed by atoms with van der Waals surface area (Å²) in [5.41, 5.74) is 1.41. The molecule has 4 rings (SSSR count). The number of halogens is 1. The number of benzene rings is 2. The van der Waals surface area contributed by atoms with Gasteiger partial charge in [0.1, 0.15) is 11.1 Å². The fraction of sp³-hybridized carbons (Fsp3) is 0.200. The predicted octanol–water partition coefficient (Wildman–Crippen LogP) is 4.19. The quantitative estimate of drug-likeness (QED) is 0.544. The Kier molecular flexibility index (Phi) is 3.96. The summed E-state index contributed by atoms with van der Waals surface area (Å²) in [4.78, 5) is 26.0. The fourth-order valence-corrected chi connectivity index (χ4v) is 3.50. The summed E-state index contributed by atoms with van der Waals surface area (Å²) >= 11 is 6.09. The molecule has 0 N–H and O–H groups in total. The first kappa shape index (κ1) is 16.7. The van der Waals surface area contributed by atoms with E-state index in [0.29, 0.717) is 22.7 Å². The number of hydrogen-bond acceptors (Lipinski definition) is 3. The van der Waals surface area contributed by atoms with Crippen molar-refractivity contribution in [3.05, 3.63) is 80.0 Å². The molecule has 0 aliphatic rings. The van der Waals surface area contributed by atoms with Gasteiger partial charge in [0.05, 0.1) is 6.54 Å². The standard InChI is InChI=1S/C20H17ClN2O3/c1-12(2)23-19(24)18-17(15-8-3-4-9-16(15)26-18)22(20(23)25)11-13-6-5-7-14(21)10-13/h3-10,12H,11H2,1-2H3. The number of aromatic nitrogens is 2. The van der Waals surface area contributed by atoms with Crippen molar-refractivity contribution in [1.82, 2.24) is 9.13 Å². The van der Waals surface area contributed by atoms with Crippen LogP contribution in [0.1, 0.15) is 25.5 Å². The van der Waals surface area contributed by atoms with E-state index in [0.717, 1.165) is 10.9 Å². The summed E-state index contributed by atoms with van der Waals surface area (Å²) in [5.74, 6) is 0. The van der Waals surface area contributed by atoms with Crippen LogP contribution in [0.4, 0.5) is 0 Å². The van der Waals surface area contributed by atoms with Gasteiger partial charge >= 0.3 is 5.69 Å². The molecule has 0 atom stereocenters. The Morgan fingerprint density at radius 1 is 1.08 bits per heavy atom. The number of nitrogens with zero attached hydrogens (tertiary/aromatic N) is 2. The van der Waals surface area contributed by atoms with Gasteiger partial charge in [0, 0.05) is 16.5 Å². The molecule has 0 aliphatic heterocycles. The highest BCUT2D eigenvalue weighted by Crippen LogP contribution is 2.26. The highest BCUT2D eigenvalue weighted by Gasteiger charge is 2.21. The molecule has 0 aliphatic carbocycles. The maximum atomic E-state index is 13.1. The molecule has 0 spiro atoms. The van der Waals surface area contributed by atoms with Crippen LogP contribution >= 0.6 is 11.6 Å². The average molecular weight is 369 g/mol. The van der Waals surface area contributed by atoms with E-state index in [1.165, 1.54) is 4.57 Å². The third-order valence-corrected chi connectivity index (χ3v) is 4.67. The molecule has 2 aromatic carbocycles. The molecule has 0 radical (unpaired) electrons. The van der Waals surface area contributed by atoms with Crippen molar-refractivity contribution >= 4 is 33.7 Å². The van der Waals surface area contributed by atoms with Gasteiger partial charge in [0.15, 0.2) is 0 Å². The van der Waals surface area contributed by atoms with Crippen LogP contribution in [0.5, 0.6) is 0 Å². The fourth-order valence-electron chi connectivity index (χ4n) is 3.29. The SMILES string of the molecule is CC(C)n1c(=O)c2oc3ccccc3c2n(Cc2cccc(Cl)c2)c1=O. The normalized spacial score (nSPS) is 11.7. The predicted molar refractivity (Wildman–Crippen MR) is 103 cm³/mol. The van der Waals surface area contributed by atoms with E-state index < -0.39 is 5.56 Å². The topological polar surface area (TPSA) is 57.1 Å². The maximum absolute atomic E-state index is 13.1. The molecule has 132 valence electrons. The van der Waals surface area contributed by atoms with Gasteiger partial charge in [-0.1, -0.05) is 35.9 Å². The first-order valence-corrected chi connectivity index (χ1v) is 8.76. The zero-order valence-electron chi connectivity index (χ0n) is 14.4. The lowest BCUT2D eigenvalue weighted by Gasteiger charge is -2.14. The summed E-state index contributed by atoms with van der Waals surface area (Å²) in [6.07, 6.45) is 0. The van der Waals surface area contributed by atoms with Crippen LogP contribution in [-0.2, 0) is 6.54 Å². The number of hydrogen-bond donors (Lipinski definition) is 0. The lowest BCUT2D eigenvalue weighted by molar-refractivity contribution is 0.513. The molecular formula is C20H17ClN2O3. The van der Waals surface area contributed by atoms with Crippen molar-refractivity contribution in [1.29, 1.82) is 0 Å². The van der Waals surface area contributed by atoms with E-state index in [1.807, 2.05) is 36.4 Å². The zero-order chi connectivity index (χ0) is 18.4. The van der Waals surface area contributed by atoms with E-state index in [2.05, 4.69) is 0 Å². The minimum absolute atomic E-state index is 0.196. The molecule has 26 heavy (non-hydrogen) atoms. The molecule has 6 heteroatoms. The monoisotopic (exact) mass is 368 g/mol. The molecule has 0 bridgehead atoms. The Morgan fingerprint density at radius 3 is 2.58 bits per heavy atom. The lowest BCUT2D eigenvalue weighted by atomic mass is 10.2. The second-order valence-electron chi connectivity index (χ2n) is 6.54. The summed E-state index contributed by atoms with van der Waals surface area (Å²) in [7, 11) is 0. The zero-order valence-corrected chi connectivity index (χ0v) is 15.2. The van der Waals surface area contributed by atoms with Crippen LogP contribution < -0.4 is 11.2 Å². The van der Waals surface area contributed by atoms with E-state index in [4.69, 9.17) is 16.0 Å². The van der Waals surface area contributed by atoms with Crippen LogP contribution in [0.25, 0.3) is 22.1 Å². The van der Waals surface area contributed by atoms with E-state index in [1.54, 1.807) is 30.5 Å². The van der Waals surface area contributed by atoms with E-state index in [9.17, 15) is 9.59 Å². The van der Waals surface area contributed by atoms with Gasteiger partial charge in [0.25, 0.3) is 5.56 Å². The summed E-state index contributed by atoms with van der Waals surface area (Å²) < 4.78 is 8.63. The smallest absolute Gasteiger partial charge is 0.332 e. The molecule has 0 unspecified atom stereocenters. The Labute approximate surface area is 154 Å². The number of furan rings is 1. The van der Waals surface area contributed by atoms with Crippen molar-refractivity contribution in [2.45, 2.75) is 26.4 Å². The summed E-state index contributed by atoms with van der Waals surface area (Å²) in [6, 6.07) is 14.4. The van der Waals surface area contributed by atoms with Crippen LogP contribution in [0, 0.1) is 0 Å². The van der Waals surface area contributed by atoms with Gasteiger partial charge in [-0.3, -0.25) is 13.9 Å². The second-order valence-corrected chi connectivity index (χ2v) is 6.98. The first-order valence-electron chi connectivity index (χ1n) is 8.38. The third-order valence-electron chi connectivity index (χ3n) is 4.44. The van der Waals surface area contributed by atoms with Crippen LogP contribution in [0.2, 0.25) is 5.02 Å². The maximum Gasteiger partial charge on any atom is 0.332 e. The summed E-state index contributed by atoms with van der Waals surface area (Å²) in [6.45, 7) is 3.91. The van der Waals surface area contributed by atoms with Gasteiger partial charge in [-0.05, 0) is 43.7 Å². The second kappa shape index (κ2) is 6.18. The Morgan fingerprint density at radius 2 is 1.85 bits per heavy atom. The van der Waals surface area contributed by atoms with Crippen molar-refractivity contribution in [3.8, 4) is 0 Å². The average Bonchev–Trinajstić information content (AvgIpc) is 2.98. The van der Waals surface area contributed by atoms with Gasteiger partial charge < -0.3 is 4.42 Å². The van der Waals surface area contributed by atoms with E-state index >= 15 is 0 Å². The molecule has 0 amide bonds. The number of para-hydroxylation sites is 1. The lowest BCUT2D eigenvalue weighted by Crippen LogP contribution is -2.41. The van der Waals surface area contributed by atoms with Gasteiger partial charge in [-0.25, -0.2) is 4.79 Å². The largest absolute Gasteiger partial charge is 0.449 e. The van der Waals surface area contributed by atoms with Crippen molar-refractivity contribution < 1.29 is 4.42 Å². The van der Waals surface area contributed by atoms with Crippen LogP contribution in [0.15, 0.2) is 62.5 Å². The Bertz CT molecular complexity index is 1250. The number of fused-ring (bicyclic) bond motifs is 3. The van der Waals surface area contributed by atoms with Gasteiger partial charge in [-0.15, -0.1) is 0 Å². The van der Waals surface area contributed by atoms with Crippen LogP contribution in [0.3, 0.4) is 0 Å². The Balaban J connectivity index is 2.12. The van der Waals surface area contributed by atoms with Crippen molar-refractivity contribution in [2.75, 3.05) is 0 Å². The molecule has 0 saturated heterocycles. The first-order chi connectivity index (χ1) is 12.5. The third kappa shape index (κ3) is 2.56. The number of rotatable bonds is 3. The molecule has 0 saturated carbocycles. The molecule has 0 fully saturated rings. The minimum Gasteiger partial charge on any atom is -0.449 e. The van der Waals surface area contributed by atoms with Crippen LogP contribution in [-0.4, -0.2) is 9.13 Å². The van der Waals surface area contributed by atoms with Crippen molar-refractivity contribution in [2.24, 2.45) is 0 Å². The van der Waals surface area contributed by atoms with Crippen molar-refractivity contribution in [3.63, 3.8) is 0 Å². The molecule has 5 nitrogen and oxygen atoms in total. The highest BCUT2D eigenvalue weighted by atomic mass is 35.5. The molecule has 2 aromatic heterocycles. The summed E-state index contributed by atoms with van der Waals surface area (Å²) in [5, 5.41) is 1.34. The molecular weight excluding hydrogens is 352 g/mol. The Hall–Kier alpha value is -2.79. The van der Waals surface area contributed by atoms with Gasteiger partial charge in [-0.2, -0.15) is 0 Å². The molecule has 4 aromatic rings. The molecule has 2 heterocycles.